The van der Waals surface area contributed by atoms with Crippen molar-refractivity contribution in [1.82, 2.24) is 0 Å². The van der Waals surface area contributed by atoms with E-state index < -0.39 is 0 Å². The van der Waals surface area contributed by atoms with E-state index in [4.69, 9.17) is 22.1 Å². The molecule has 1 heterocycles. The van der Waals surface area contributed by atoms with Crippen molar-refractivity contribution in [2.45, 2.75) is 24.8 Å². The second kappa shape index (κ2) is 4.52. The van der Waals surface area contributed by atoms with Crippen LogP contribution in [0.25, 0.3) is 0 Å². The fourth-order valence-electron chi connectivity index (χ4n) is 2.01. The van der Waals surface area contributed by atoms with Gasteiger partial charge in [0.1, 0.15) is 0 Å². The molecule has 0 atom stereocenters. The minimum atomic E-state index is -0.108. The van der Waals surface area contributed by atoms with Gasteiger partial charge >= 0.3 is 0 Å². The molecule has 0 saturated carbocycles. The van der Waals surface area contributed by atoms with Crippen LogP contribution >= 0.6 is 11.6 Å². The Balaban J connectivity index is 2.06. The van der Waals surface area contributed by atoms with Gasteiger partial charge in [-0.05, 0) is 37.0 Å². The van der Waals surface area contributed by atoms with E-state index in [1.54, 1.807) is 0 Å². The molecule has 0 spiro atoms. The number of benzene rings is 1. The molecule has 15 heavy (non-hydrogen) atoms. The number of rotatable bonds is 2. The quantitative estimate of drug-likeness (QED) is 0.839. The van der Waals surface area contributed by atoms with Crippen LogP contribution in [0.15, 0.2) is 24.3 Å². The maximum Gasteiger partial charge on any atom is 0.0483 e. The van der Waals surface area contributed by atoms with Gasteiger partial charge in [0.25, 0.3) is 0 Å². The van der Waals surface area contributed by atoms with Gasteiger partial charge in [0.2, 0.25) is 0 Å². The molecule has 1 fully saturated rings. The third kappa shape index (κ3) is 2.94. The lowest BCUT2D eigenvalue weighted by Gasteiger charge is -2.33. The van der Waals surface area contributed by atoms with Crippen molar-refractivity contribution in [3.05, 3.63) is 34.9 Å². The van der Waals surface area contributed by atoms with Crippen LogP contribution in [-0.4, -0.2) is 18.8 Å². The second-order valence-electron chi connectivity index (χ2n) is 4.28. The molecule has 0 radical (unpaired) electrons. The Hall–Kier alpha value is -0.570. The Labute approximate surface area is 95.4 Å². The molecular formula is C12H16ClNO. The summed E-state index contributed by atoms with van der Waals surface area (Å²) in [5.41, 5.74) is 7.42. The normalized spacial score (nSPS) is 20.1. The van der Waals surface area contributed by atoms with E-state index in [0.717, 1.165) is 37.5 Å². The first-order valence-electron chi connectivity index (χ1n) is 5.29. The maximum atomic E-state index is 6.32. The molecule has 2 nitrogen and oxygen atoms in total. The molecule has 82 valence electrons. The Morgan fingerprint density at radius 1 is 1.33 bits per heavy atom. The molecular weight excluding hydrogens is 210 g/mol. The Morgan fingerprint density at radius 3 is 2.73 bits per heavy atom. The summed E-state index contributed by atoms with van der Waals surface area (Å²) in [7, 11) is 0. The number of ether oxygens (including phenoxy) is 1. The summed E-state index contributed by atoms with van der Waals surface area (Å²) < 4.78 is 5.32. The highest BCUT2D eigenvalue weighted by molar-refractivity contribution is 6.30. The first kappa shape index (κ1) is 10.9. The minimum absolute atomic E-state index is 0.108. The van der Waals surface area contributed by atoms with Crippen molar-refractivity contribution in [1.29, 1.82) is 0 Å². The number of hydrogen-bond donors (Lipinski definition) is 1. The smallest absolute Gasteiger partial charge is 0.0483 e. The average Bonchev–Trinajstić information content (AvgIpc) is 2.18. The Kier molecular flexibility index (Phi) is 3.29. The van der Waals surface area contributed by atoms with Gasteiger partial charge in [-0.3, -0.25) is 0 Å². The van der Waals surface area contributed by atoms with Gasteiger partial charge in [-0.2, -0.15) is 0 Å². The average molecular weight is 226 g/mol. The first-order valence-corrected chi connectivity index (χ1v) is 5.67. The van der Waals surface area contributed by atoms with E-state index in [2.05, 4.69) is 6.07 Å². The predicted octanol–water partition coefficient (Wildman–Crippen LogP) is 2.39. The van der Waals surface area contributed by atoms with Gasteiger partial charge < -0.3 is 10.5 Å². The fourth-order valence-corrected chi connectivity index (χ4v) is 2.22. The van der Waals surface area contributed by atoms with Crippen molar-refractivity contribution < 1.29 is 4.74 Å². The largest absolute Gasteiger partial charge is 0.381 e. The van der Waals surface area contributed by atoms with E-state index in [9.17, 15) is 0 Å². The minimum Gasteiger partial charge on any atom is -0.381 e. The highest BCUT2D eigenvalue weighted by atomic mass is 35.5. The van der Waals surface area contributed by atoms with Crippen LogP contribution < -0.4 is 5.73 Å². The summed E-state index contributed by atoms with van der Waals surface area (Å²) in [6.07, 6.45) is 2.75. The number of halogens is 1. The zero-order chi connectivity index (χ0) is 10.7. The fraction of sp³-hybridized carbons (Fsp3) is 0.500. The molecule has 1 saturated heterocycles. The van der Waals surface area contributed by atoms with Crippen molar-refractivity contribution in [2.75, 3.05) is 13.2 Å². The van der Waals surface area contributed by atoms with Crippen LogP contribution in [0.4, 0.5) is 0 Å². The molecule has 0 aliphatic carbocycles. The van der Waals surface area contributed by atoms with Crippen molar-refractivity contribution in [2.24, 2.45) is 5.73 Å². The lowest BCUT2D eigenvalue weighted by molar-refractivity contribution is 0.0533. The molecule has 2 N–H and O–H groups in total. The van der Waals surface area contributed by atoms with E-state index in [0.29, 0.717) is 0 Å². The van der Waals surface area contributed by atoms with Crippen LogP contribution in [0.5, 0.6) is 0 Å². The predicted molar refractivity (Wildman–Crippen MR) is 62.1 cm³/mol. The van der Waals surface area contributed by atoms with E-state index >= 15 is 0 Å². The summed E-state index contributed by atoms with van der Waals surface area (Å²) in [5.74, 6) is 0. The van der Waals surface area contributed by atoms with Crippen LogP contribution in [0.3, 0.4) is 0 Å². The highest BCUT2D eigenvalue weighted by Gasteiger charge is 2.27. The van der Waals surface area contributed by atoms with Crippen LogP contribution in [-0.2, 0) is 11.2 Å². The monoisotopic (exact) mass is 225 g/mol. The van der Waals surface area contributed by atoms with Crippen molar-refractivity contribution >= 4 is 11.6 Å². The lowest BCUT2D eigenvalue weighted by atomic mass is 9.85. The van der Waals surface area contributed by atoms with Crippen LogP contribution in [0, 0.1) is 0 Å². The zero-order valence-electron chi connectivity index (χ0n) is 8.71. The molecule has 0 bridgehead atoms. The van der Waals surface area contributed by atoms with Gasteiger partial charge in [0.15, 0.2) is 0 Å². The van der Waals surface area contributed by atoms with Crippen molar-refractivity contribution in [3.8, 4) is 0 Å². The Morgan fingerprint density at radius 2 is 2.07 bits per heavy atom. The van der Waals surface area contributed by atoms with Gasteiger partial charge in [0, 0.05) is 23.8 Å². The van der Waals surface area contributed by atoms with Gasteiger partial charge in [-0.1, -0.05) is 23.7 Å². The maximum absolute atomic E-state index is 6.32. The molecule has 1 aliphatic rings. The van der Waals surface area contributed by atoms with E-state index in [1.165, 1.54) is 5.56 Å². The summed E-state index contributed by atoms with van der Waals surface area (Å²) >= 11 is 5.94. The molecule has 3 heteroatoms. The summed E-state index contributed by atoms with van der Waals surface area (Å²) in [6, 6.07) is 7.93. The Bertz CT molecular complexity index is 334. The zero-order valence-corrected chi connectivity index (χ0v) is 9.46. The van der Waals surface area contributed by atoms with Gasteiger partial charge in [-0.25, -0.2) is 0 Å². The molecule has 1 aromatic carbocycles. The lowest BCUT2D eigenvalue weighted by Crippen LogP contribution is -2.46. The summed E-state index contributed by atoms with van der Waals surface area (Å²) in [6.45, 7) is 1.55. The van der Waals surface area contributed by atoms with E-state index in [-0.39, 0.29) is 5.54 Å². The molecule has 0 amide bonds. The second-order valence-corrected chi connectivity index (χ2v) is 4.72. The third-order valence-electron chi connectivity index (χ3n) is 2.93. The number of hydrogen-bond acceptors (Lipinski definition) is 2. The molecule has 0 aromatic heterocycles. The highest BCUT2D eigenvalue weighted by Crippen LogP contribution is 2.23. The SMILES string of the molecule is NC1(Cc2cccc(Cl)c2)CCOCC1. The van der Waals surface area contributed by atoms with Gasteiger partial charge in [-0.15, -0.1) is 0 Å². The molecule has 0 unspecified atom stereocenters. The first-order chi connectivity index (χ1) is 7.18. The molecule has 1 aromatic rings. The van der Waals surface area contributed by atoms with Crippen LogP contribution in [0.1, 0.15) is 18.4 Å². The molecule has 2 rings (SSSR count). The summed E-state index contributed by atoms with van der Waals surface area (Å²) in [5, 5.41) is 0.781. The third-order valence-corrected chi connectivity index (χ3v) is 3.17. The topological polar surface area (TPSA) is 35.2 Å². The number of nitrogens with two attached hydrogens (primary N) is 1. The van der Waals surface area contributed by atoms with Crippen LogP contribution in [0.2, 0.25) is 5.02 Å². The van der Waals surface area contributed by atoms with Crippen molar-refractivity contribution in [3.63, 3.8) is 0 Å². The summed E-state index contributed by atoms with van der Waals surface area (Å²) in [4.78, 5) is 0. The molecule has 1 aliphatic heterocycles. The standard InChI is InChI=1S/C12H16ClNO/c13-11-3-1-2-10(8-11)9-12(14)4-6-15-7-5-12/h1-3,8H,4-7,9,14H2. The van der Waals surface area contributed by atoms with E-state index in [1.807, 2.05) is 18.2 Å². The van der Waals surface area contributed by atoms with Gasteiger partial charge in [0.05, 0.1) is 0 Å².